The van der Waals surface area contributed by atoms with E-state index in [1.54, 1.807) is 12.3 Å². The fourth-order valence-corrected chi connectivity index (χ4v) is 2.53. The number of pyridine rings is 1. The molecule has 4 heteroatoms. The van der Waals surface area contributed by atoms with Crippen molar-refractivity contribution in [1.82, 2.24) is 4.98 Å². The molecule has 0 spiro atoms. The molecule has 0 unspecified atom stereocenters. The summed E-state index contributed by atoms with van der Waals surface area (Å²) < 4.78 is 0. The van der Waals surface area contributed by atoms with Crippen molar-refractivity contribution in [2.75, 3.05) is 17.2 Å². The molecule has 0 fully saturated rings. The standard InChI is InChI=1S/C15H14N4/c16-10-12-7-8-18-15(14(12)17)19-9-3-5-11-4-1-2-6-13(11)19/h1-2,4,6-8H,3,5,9,17H2. The molecule has 1 aliphatic rings. The third-order valence-electron chi connectivity index (χ3n) is 3.46. The number of nitriles is 1. The largest absolute Gasteiger partial charge is 0.395 e. The highest BCUT2D eigenvalue weighted by molar-refractivity contribution is 5.77. The van der Waals surface area contributed by atoms with Crippen LogP contribution in [-0.2, 0) is 6.42 Å². The second-order valence-corrected chi connectivity index (χ2v) is 4.59. The molecule has 0 saturated heterocycles. The first kappa shape index (κ1) is 11.5. The Morgan fingerprint density at radius 2 is 2.11 bits per heavy atom. The van der Waals surface area contributed by atoms with E-state index in [2.05, 4.69) is 28.1 Å². The van der Waals surface area contributed by atoms with Gasteiger partial charge in [-0.1, -0.05) is 18.2 Å². The van der Waals surface area contributed by atoms with Gasteiger partial charge in [0.05, 0.1) is 11.3 Å². The Morgan fingerprint density at radius 1 is 1.26 bits per heavy atom. The average Bonchev–Trinajstić information content (AvgIpc) is 2.47. The molecule has 2 N–H and O–H groups in total. The van der Waals surface area contributed by atoms with Gasteiger partial charge >= 0.3 is 0 Å². The van der Waals surface area contributed by atoms with Crippen LogP contribution < -0.4 is 10.6 Å². The van der Waals surface area contributed by atoms with Crippen LogP contribution in [-0.4, -0.2) is 11.5 Å². The predicted octanol–water partition coefficient (Wildman–Crippen LogP) is 2.62. The maximum atomic E-state index is 9.06. The predicted molar refractivity (Wildman–Crippen MR) is 75.1 cm³/mol. The number of nitrogens with zero attached hydrogens (tertiary/aromatic N) is 3. The number of rotatable bonds is 1. The lowest BCUT2D eigenvalue weighted by atomic mass is 10.0. The van der Waals surface area contributed by atoms with E-state index < -0.39 is 0 Å². The van der Waals surface area contributed by atoms with E-state index in [0.29, 0.717) is 17.1 Å². The number of para-hydroxylation sites is 1. The summed E-state index contributed by atoms with van der Waals surface area (Å²) in [5.41, 5.74) is 9.44. The highest BCUT2D eigenvalue weighted by Gasteiger charge is 2.21. The third-order valence-corrected chi connectivity index (χ3v) is 3.46. The molecular formula is C15H14N4. The first-order valence-corrected chi connectivity index (χ1v) is 6.31. The lowest BCUT2D eigenvalue weighted by Crippen LogP contribution is -2.26. The number of aromatic nitrogens is 1. The molecule has 1 aromatic heterocycles. The highest BCUT2D eigenvalue weighted by Crippen LogP contribution is 2.35. The van der Waals surface area contributed by atoms with Crippen molar-refractivity contribution in [3.05, 3.63) is 47.7 Å². The Hall–Kier alpha value is -2.54. The number of aryl methyl sites for hydroxylation is 1. The normalized spacial score (nSPS) is 13.7. The van der Waals surface area contributed by atoms with Crippen LogP contribution in [0.2, 0.25) is 0 Å². The van der Waals surface area contributed by atoms with Gasteiger partial charge in [-0.05, 0) is 30.5 Å². The zero-order chi connectivity index (χ0) is 13.2. The fourth-order valence-electron chi connectivity index (χ4n) is 2.53. The summed E-state index contributed by atoms with van der Waals surface area (Å²) in [4.78, 5) is 6.47. The van der Waals surface area contributed by atoms with Crippen molar-refractivity contribution in [1.29, 1.82) is 5.26 Å². The molecule has 0 saturated carbocycles. The fraction of sp³-hybridized carbons (Fsp3) is 0.200. The van der Waals surface area contributed by atoms with Crippen molar-refractivity contribution < 1.29 is 0 Å². The van der Waals surface area contributed by atoms with E-state index >= 15 is 0 Å². The Labute approximate surface area is 112 Å². The van der Waals surface area contributed by atoms with Crippen LogP contribution in [0.3, 0.4) is 0 Å². The van der Waals surface area contributed by atoms with E-state index in [1.807, 2.05) is 12.1 Å². The number of anilines is 3. The van der Waals surface area contributed by atoms with Crippen molar-refractivity contribution >= 4 is 17.2 Å². The summed E-state index contributed by atoms with van der Waals surface area (Å²) >= 11 is 0. The van der Waals surface area contributed by atoms with E-state index in [9.17, 15) is 0 Å². The Morgan fingerprint density at radius 3 is 2.95 bits per heavy atom. The topological polar surface area (TPSA) is 65.9 Å². The van der Waals surface area contributed by atoms with E-state index in [1.165, 1.54) is 5.56 Å². The van der Waals surface area contributed by atoms with Gasteiger partial charge in [0.1, 0.15) is 6.07 Å². The Kier molecular flexibility index (Phi) is 2.81. The summed E-state index contributed by atoms with van der Waals surface area (Å²) in [5.74, 6) is 0.686. The van der Waals surface area contributed by atoms with Gasteiger partial charge in [-0.25, -0.2) is 4.98 Å². The van der Waals surface area contributed by atoms with E-state index in [0.717, 1.165) is 25.1 Å². The zero-order valence-electron chi connectivity index (χ0n) is 10.5. The van der Waals surface area contributed by atoms with Crippen LogP contribution in [0.5, 0.6) is 0 Å². The second kappa shape index (κ2) is 4.62. The summed E-state index contributed by atoms with van der Waals surface area (Å²) in [7, 11) is 0. The molecule has 1 aromatic carbocycles. The van der Waals surface area contributed by atoms with Gasteiger partial charge in [-0.15, -0.1) is 0 Å². The van der Waals surface area contributed by atoms with Gasteiger partial charge in [0.15, 0.2) is 5.82 Å². The average molecular weight is 250 g/mol. The lowest BCUT2D eigenvalue weighted by Gasteiger charge is -2.31. The van der Waals surface area contributed by atoms with E-state index in [-0.39, 0.29) is 0 Å². The molecule has 0 amide bonds. The third kappa shape index (κ3) is 1.89. The summed E-state index contributed by atoms with van der Waals surface area (Å²) in [6.07, 6.45) is 3.78. The molecule has 4 nitrogen and oxygen atoms in total. The zero-order valence-corrected chi connectivity index (χ0v) is 10.5. The van der Waals surface area contributed by atoms with Crippen molar-refractivity contribution in [2.24, 2.45) is 0 Å². The first-order valence-electron chi connectivity index (χ1n) is 6.31. The van der Waals surface area contributed by atoms with Crippen LogP contribution in [0.15, 0.2) is 36.5 Å². The number of nitrogens with two attached hydrogens (primary N) is 1. The van der Waals surface area contributed by atoms with E-state index in [4.69, 9.17) is 11.0 Å². The number of hydrogen-bond acceptors (Lipinski definition) is 4. The van der Waals surface area contributed by atoms with Crippen LogP contribution in [0, 0.1) is 11.3 Å². The van der Waals surface area contributed by atoms with Crippen molar-refractivity contribution in [3.63, 3.8) is 0 Å². The molecule has 0 bridgehead atoms. The van der Waals surface area contributed by atoms with Gasteiger partial charge in [-0.2, -0.15) is 5.26 Å². The number of fused-ring (bicyclic) bond motifs is 1. The smallest absolute Gasteiger partial charge is 0.157 e. The highest BCUT2D eigenvalue weighted by atomic mass is 15.2. The maximum Gasteiger partial charge on any atom is 0.157 e. The Bertz CT molecular complexity index is 657. The van der Waals surface area contributed by atoms with Crippen LogP contribution in [0.1, 0.15) is 17.5 Å². The minimum absolute atomic E-state index is 0.460. The Balaban J connectivity index is 2.12. The van der Waals surface area contributed by atoms with Crippen molar-refractivity contribution in [3.8, 4) is 6.07 Å². The van der Waals surface area contributed by atoms with Gasteiger partial charge in [0.2, 0.25) is 0 Å². The minimum Gasteiger partial charge on any atom is -0.395 e. The van der Waals surface area contributed by atoms with Gasteiger partial charge in [-0.3, -0.25) is 0 Å². The molecule has 1 aliphatic heterocycles. The number of benzene rings is 1. The molecule has 2 aromatic rings. The van der Waals surface area contributed by atoms with Gasteiger partial charge < -0.3 is 10.6 Å². The second-order valence-electron chi connectivity index (χ2n) is 4.59. The van der Waals surface area contributed by atoms with Gasteiger partial charge in [0, 0.05) is 18.4 Å². The van der Waals surface area contributed by atoms with Crippen LogP contribution >= 0.6 is 0 Å². The van der Waals surface area contributed by atoms with Crippen molar-refractivity contribution in [2.45, 2.75) is 12.8 Å². The molecule has 3 rings (SSSR count). The molecule has 2 heterocycles. The summed E-state index contributed by atoms with van der Waals surface area (Å²) in [6.45, 7) is 0.878. The molecule has 94 valence electrons. The number of hydrogen-bond donors (Lipinski definition) is 1. The summed E-state index contributed by atoms with van der Waals surface area (Å²) in [6, 6.07) is 12.0. The molecule has 0 aliphatic carbocycles. The molecule has 0 radical (unpaired) electrons. The maximum absolute atomic E-state index is 9.06. The monoisotopic (exact) mass is 250 g/mol. The SMILES string of the molecule is N#Cc1ccnc(N2CCCc3ccccc32)c1N. The van der Waals surface area contributed by atoms with Crippen LogP contribution in [0.4, 0.5) is 17.2 Å². The molecule has 19 heavy (non-hydrogen) atoms. The van der Waals surface area contributed by atoms with Gasteiger partial charge in [0.25, 0.3) is 0 Å². The molecular weight excluding hydrogens is 236 g/mol. The summed E-state index contributed by atoms with van der Waals surface area (Å²) in [5, 5.41) is 9.06. The first-order chi connectivity index (χ1) is 9.31. The minimum atomic E-state index is 0.460. The number of nitrogen functional groups attached to an aromatic ring is 1. The van der Waals surface area contributed by atoms with Crippen LogP contribution in [0.25, 0.3) is 0 Å². The lowest BCUT2D eigenvalue weighted by molar-refractivity contribution is 0.760. The quantitative estimate of drug-likeness (QED) is 0.844. The molecule has 0 atom stereocenters.